The number of carbonyl (C=O) groups excluding carboxylic acids is 1. The summed E-state index contributed by atoms with van der Waals surface area (Å²) in [6.07, 6.45) is 6.44. The highest BCUT2D eigenvalue weighted by Crippen LogP contribution is 2.30. The predicted molar refractivity (Wildman–Crippen MR) is 94.7 cm³/mol. The molecule has 0 aliphatic heterocycles. The first-order chi connectivity index (χ1) is 11.6. The molecule has 1 atom stereocenters. The second-order valence-electron chi connectivity index (χ2n) is 6.45. The molecule has 0 spiro atoms. The summed E-state index contributed by atoms with van der Waals surface area (Å²) >= 11 is 0. The zero-order valence-corrected chi connectivity index (χ0v) is 14.2. The SMILES string of the molecule is CCCCC(C)(CN=O)CC(=O)c1ccc(-c2ccccn2)nc1. The number of nitroso groups, excluding NO2 is 1. The smallest absolute Gasteiger partial charge is 0.165 e. The maximum absolute atomic E-state index is 12.5. The van der Waals surface area contributed by atoms with Crippen LogP contribution in [0.2, 0.25) is 0 Å². The fourth-order valence-corrected chi connectivity index (χ4v) is 2.70. The van der Waals surface area contributed by atoms with Crippen LogP contribution >= 0.6 is 0 Å². The van der Waals surface area contributed by atoms with Gasteiger partial charge in [-0.05, 0) is 36.1 Å². The van der Waals surface area contributed by atoms with Gasteiger partial charge in [0.2, 0.25) is 0 Å². The van der Waals surface area contributed by atoms with Crippen molar-refractivity contribution in [3.8, 4) is 11.4 Å². The highest BCUT2D eigenvalue weighted by Gasteiger charge is 2.28. The molecule has 2 aromatic rings. The summed E-state index contributed by atoms with van der Waals surface area (Å²) in [5.74, 6) is -0.00248. The van der Waals surface area contributed by atoms with Gasteiger partial charge in [0, 0.05) is 24.4 Å². The monoisotopic (exact) mass is 325 g/mol. The van der Waals surface area contributed by atoms with Gasteiger partial charge in [-0.25, -0.2) is 0 Å². The van der Waals surface area contributed by atoms with E-state index in [-0.39, 0.29) is 17.7 Å². The highest BCUT2D eigenvalue weighted by molar-refractivity contribution is 5.96. The van der Waals surface area contributed by atoms with Gasteiger partial charge in [0.1, 0.15) is 0 Å². The fourth-order valence-electron chi connectivity index (χ4n) is 2.70. The van der Waals surface area contributed by atoms with E-state index in [0.29, 0.717) is 12.0 Å². The third-order valence-corrected chi connectivity index (χ3v) is 4.18. The predicted octanol–water partition coefficient (Wildman–Crippen LogP) is 4.68. The molecule has 126 valence electrons. The number of hydrogen-bond acceptors (Lipinski definition) is 5. The second-order valence-corrected chi connectivity index (χ2v) is 6.45. The summed E-state index contributed by atoms with van der Waals surface area (Å²) < 4.78 is 0. The minimum Gasteiger partial charge on any atom is -0.294 e. The number of unbranched alkanes of at least 4 members (excludes halogenated alkanes) is 1. The number of hydrogen-bond donors (Lipinski definition) is 0. The number of aromatic nitrogens is 2. The Morgan fingerprint density at radius 3 is 2.54 bits per heavy atom. The van der Waals surface area contributed by atoms with Crippen LogP contribution < -0.4 is 0 Å². The minimum absolute atomic E-state index is 0.00248. The molecule has 0 saturated carbocycles. The lowest BCUT2D eigenvalue weighted by Crippen LogP contribution is -2.24. The van der Waals surface area contributed by atoms with E-state index in [1.165, 1.54) is 0 Å². The average molecular weight is 325 g/mol. The molecule has 5 heteroatoms. The first-order valence-electron chi connectivity index (χ1n) is 8.28. The molecular formula is C19H23N3O2. The average Bonchev–Trinajstić information content (AvgIpc) is 2.61. The maximum Gasteiger partial charge on any atom is 0.165 e. The van der Waals surface area contributed by atoms with Gasteiger partial charge in [0.25, 0.3) is 0 Å². The minimum atomic E-state index is -0.380. The third-order valence-electron chi connectivity index (χ3n) is 4.18. The van der Waals surface area contributed by atoms with Gasteiger partial charge >= 0.3 is 0 Å². The van der Waals surface area contributed by atoms with E-state index in [1.807, 2.05) is 25.1 Å². The molecule has 0 aromatic carbocycles. The molecule has 2 heterocycles. The van der Waals surface area contributed by atoms with Gasteiger partial charge in [-0.3, -0.25) is 14.8 Å². The van der Waals surface area contributed by atoms with Gasteiger partial charge in [0.15, 0.2) is 5.78 Å². The van der Waals surface area contributed by atoms with Crippen LogP contribution in [0.5, 0.6) is 0 Å². The molecule has 1 unspecified atom stereocenters. The lowest BCUT2D eigenvalue weighted by atomic mass is 9.79. The van der Waals surface area contributed by atoms with E-state index in [0.717, 1.165) is 30.7 Å². The molecule has 5 nitrogen and oxygen atoms in total. The summed E-state index contributed by atoms with van der Waals surface area (Å²) in [6.45, 7) is 4.21. The van der Waals surface area contributed by atoms with Crippen molar-refractivity contribution in [3.05, 3.63) is 53.2 Å². The van der Waals surface area contributed by atoms with Gasteiger partial charge in [-0.1, -0.05) is 37.9 Å². The van der Waals surface area contributed by atoms with Crippen molar-refractivity contribution in [2.45, 2.75) is 39.5 Å². The van der Waals surface area contributed by atoms with Crippen LogP contribution in [0.25, 0.3) is 11.4 Å². The van der Waals surface area contributed by atoms with Crippen LogP contribution in [0.3, 0.4) is 0 Å². The van der Waals surface area contributed by atoms with E-state index in [1.54, 1.807) is 24.5 Å². The van der Waals surface area contributed by atoms with Crippen molar-refractivity contribution in [1.82, 2.24) is 9.97 Å². The quantitative estimate of drug-likeness (QED) is 0.495. The second kappa shape index (κ2) is 8.43. The fraction of sp³-hybridized carbons (Fsp3) is 0.421. The molecule has 0 saturated heterocycles. The lowest BCUT2D eigenvalue weighted by Gasteiger charge is -2.25. The Kier molecular flexibility index (Phi) is 6.29. The Balaban J connectivity index is 2.10. The van der Waals surface area contributed by atoms with Crippen molar-refractivity contribution in [3.63, 3.8) is 0 Å². The van der Waals surface area contributed by atoms with Crippen molar-refractivity contribution in [1.29, 1.82) is 0 Å². The Hall–Kier alpha value is -2.43. The zero-order chi connectivity index (χ0) is 17.4. The molecule has 0 fully saturated rings. The maximum atomic E-state index is 12.5. The first-order valence-corrected chi connectivity index (χ1v) is 8.28. The van der Waals surface area contributed by atoms with Crippen molar-refractivity contribution in [2.75, 3.05) is 6.54 Å². The van der Waals surface area contributed by atoms with E-state index < -0.39 is 0 Å². The van der Waals surface area contributed by atoms with Crippen molar-refractivity contribution in [2.24, 2.45) is 10.6 Å². The van der Waals surface area contributed by atoms with Crippen LogP contribution in [0.4, 0.5) is 0 Å². The lowest BCUT2D eigenvalue weighted by molar-refractivity contribution is 0.0917. The zero-order valence-electron chi connectivity index (χ0n) is 14.2. The Morgan fingerprint density at radius 1 is 1.17 bits per heavy atom. The molecule has 0 N–H and O–H groups in total. The Bertz CT molecular complexity index is 671. The highest BCUT2D eigenvalue weighted by atomic mass is 16.3. The van der Waals surface area contributed by atoms with E-state index in [9.17, 15) is 9.70 Å². The molecule has 0 aliphatic rings. The van der Waals surface area contributed by atoms with Gasteiger partial charge < -0.3 is 0 Å². The standard InChI is InChI=1S/C19H23N3O2/c1-3-4-10-19(2,14-22-24)12-18(23)15-8-9-17(21-13-15)16-7-5-6-11-20-16/h5-9,11,13H,3-4,10,12,14H2,1-2H3. The van der Waals surface area contributed by atoms with E-state index in [4.69, 9.17) is 0 Å². The normalized spacial score (nSPS) is 13.2. The van der Waals surface area contributed by atoms with Gasteiger partial charge in [0.05, 0.1) is 17.9 Å². The number of pyridine rings is 2. The molecule has 0 amide bonds. The third kappa shape index (κ3) is 4.78. The van der Waals surface area contributed by atoms with Crippen molar-refractivity contribution >= 4 is 5.78 Å². The van der Waals surface area contributed by atoms with Crippen molar-refractivity contribution < 1.29 is 4.79 Å². The van der Waals surface area contributed by atoms with E-state index in [2.05, 4.69) is 22.1 Å². The largest absolute Gasteiger partial charge is 0.294 e. The molecule has 0 aliphatic carbocycles. The van der Waals surface area contributed by atoms with Crippen LogP contribution in [0.15, 0.2) is 47.9 Å². The van der Waals surface area contributed by atoms with E-state index >= 15 is 0 Å². The number of nitrogens with zero attached hydrogens (tertiary/aromatic N) is 3. The van der Waals surface area contributed by atoms with Crippen LogP contribution in [-0.2, 0) is 0 Å². The molecule has 0 bridgehead atoms. The van der Waals surface area contributed by atoms with Crippen LogP contribution in [-0.4, -0.2) is 22.3 Å². The first kappa shape index (κ1) is 17.9. The number of carbonyl (C=O) groups is 1. The molecule has 0 radical (unpaired) electrons. The summed E-state index contributed by atoms with van der Waals surface area (Å²) in [6, 6.07) is 9.19. The Labute approximate surface area is 142 Å². The van der Waals surface area contributed by atoms with Gasteiger partial charge in [-0.15, -0.1) is 0 Å². The Morgan fingerprint density at radius 2 is 1.96 bits per heavy atom. The molecule has 2 rings (SSSR count). The molecular weight excluding hydrogens is 302 g/mol. The van der Waals surface area contributed by atoms with Crippen LogP contribution in [0.1, 0.15) is 49.9 Å². The summed E-state index contributed by atoms with van der Waals surface area (Å²) in [7, 11) is 0. The van der Waals surface area contributed by atoms with Crippen LogP contribution in [0, 0.1) is 10.3 Å². The number of ketones is 1. The topological polar surface area (TPSA) is 72.3 Å². The van der Waals surface area contributed by atoms with Gasteiger partial charge in [-0.2, -0.15) is 4.91 Å². The molecule has 2 aromatic heterocycles. The summed E-state index contributed by atoms with van der Waals surface area (Å²) in [4.78, 5) is 31.9. The number of Topliss-reactive ketones (excluding diaryl/α,β-unsaturated/α-hetero) is 1. The summed E-state index contributed by atoms with van der Waals surface area (Å²) in [5.41, 5.74) is 1.68. The number of rotatable bonds is 9. The molecule has 24 heavy (non-hydrogen) atoms. The summed E-state index contributed by atoms with van der Waals surface area (Å²) in [5, 5.41) is 3.04.